The molecule has 2 unspecified atom stereocenters. The zero-order chi connectivity index (χ0) is 34.0. The average molecular weight is 669 g/mol. The van der Waals surface area contributed by atoms with Gasteiger partial charge >= 0.3 is 7.60 Å². The summed E-state index contributed by atoms with van der Waals surface area (Å²) in [6.45, 7) is 5.19. The molecule has 0 amide bonds. The smallest absolute Gasteiger partial charge is 0.351 e. The van der Waals surface area contributed by atoms with Gasteiger partial charge in [-0.05, 0) is 39.8 Å². The van der Waals surface area contributed by atoms with Gasteiger partial charge in [-0.2, -0.15) is 0 Å². The lowest BCUT2D eigenvalue weighted by Gasteiger charge is -2.29. The lowest BCUT2D eigenvalue weighted by Crippen LogP contribution is -2.49. The van der Waals surface area contributed by atoms with Crippen LogP contribution in [-0.2, 0) is 18.8 Å². The minimum Gasteiger partial charge on any atom is -0.393 e. The van der Waals surface area contributed by atoms with Crippen molar-refractivity contribution in [3.05, 3.63) is 37.2 Å². The van der Waals surface area contributed by atoms with Gasteiger partial charge in [0, 0.05) is 12.4 Å². The number of hydrogen-bond donors (Lipinski definition) is 9. The van der Waals surface area contributed by atoms with E-state index in [0.717, 1.165) is 0 Å². The molecule has 6 heterocycles. The van der Waals surface area contributed by atoms with Crippen LogP contribution in [-0.4, -0.2) is 112 Å². The molecule has 0 bridgehead atoms. The summed E-state index contributed by atoms with van der Waals surface area (Å²) in [6.07, 6.45) is -0.0827. The van der Waals surface area contributed by atoms with Crippen LogP contribution >= 0.6 is 7.60 Å². The van der Waals surface area contributed by atoms with Gasteiger partial charge in [0.15, 0.2) is 24.6 Å². The number of hydrogen-bond acceptors (Lipinski definition) is 15. The van der Waals surface area contributed by atoms with Gasteiger partial charge in [0.2, 0.25) is 0 Å². The summed E-state index contributed by atoms with van der Waals surface area (Å²) >= 11 is 0. The van der Waals surface area contributed by atoms with Crippen molar-refractivity contribution in [2.75, 3.05) is 24.4 Å². The number of anilines is 2. The second-order valence-electron chi connectivity index (χ2n) is 12.1. The van der Waals surface area contributed by atoms with Crippen molar-refractivity contribution >= 4 is 41.3 Å². The largest absolute Gasteiger partial charge is 0.393 e. The standard InChI is InChI=1S/C13H19N4O7P.C13H18N4O4/c1-12(19)10(18)13(2,23-6-25(20,21)22)24-11(12)17-4-3-7-8(14)15-5-16-9(7)17;1-12(5-18)10(19)13(2,20)11(21-12)17-4-3-7-8(14)15-6-16-9(7)17/h3-5,10-11,18-19H,6H2,1-2H3,(H2,14,15,16)(H2,20,21,22);3-4,6,10-11,18-20H,5H2,1-2H3,(H2,14,15,16)/t10?,11-,12-,13+;10?,11-,12-,13-/m11/s1. The maximum absolute atomic E-state index is 11.1. The first kappa shape index (κ1) is 34.0. The van der Waals surface area contributed by atoms with Gasteiger partial charge in [0.1, 0.15) is 64.6 Å². The molecule has 20 heteroatoms. The highest BCUT2D eigenvalue weighted by molar-refractivity contribution is 7.51. The van der Waals surface area contributed by atoms with Gasteiger partial charge in [0.05, 0.1) is 17.4 Å². The summed E-state index contributed by atoms with van der Waals surface area (Å²) in [6, 6.07) is 3.34. The predicted molar refractivity (Wildman–Crippen MR) is 159 cm³/mol. The quantitative estimate of drug-likeness (QED) is 0.110. The molecular formula is C26H37N8O11P. The average Bonchev–Trinajstić information content (AvgIpc) is 3.70. The fraction of sp³-hybridized carbons (Fsp3) is 0.538. The molecule has 4 aromatic rings. The highest BCUT2D eigenvalue weighted by atomic mass is 31.2. The number of fused-ring (bicyclic) bond motifs is 2. The van der Waals surface area contributed by atoms with Crippen molar-refractivity contribution in [1.29, 1.82) is 0 Å². The van der Waals surface area contributed by atoms with Gasteiger partial charge < -0.3 is 70.1 Å². The van der Waals surface area contributed by atoms with Gasteiger partial charge in [-0.25, -0.2) is 19.9 Å². The molecule has 0 aliphatic carbocycles. The van der Waals surface area contributed by atoms with E-state index >= 15 is 0 Å². The first-order valence-corrected chi connectivity index (χ1v) is 15.7. The van der Waals surface area contributed by atoms with E-state index in [2.05, 4.69) is 19.9 Å². The van der Waals surface area contributed by atoms with Crippen LogP contribution in [0, 0.1) is 0 Å². The molecular weight excluding hydrogens is 631 g/mol. The Bertz CT molecular complexity index is 1790. The maximum Gasteiger partial charge on any atom is 0.351 e. The molecule has 2 saturated heterocycles. The molecule has 4 aromatic heterocycles. The van der Waals surface area contributed by atoms with Gasteiger partial charge in [-0.15, -0.1) is 0 Å². The summed E-state index contributed by atoms with van der Waals surface area (Å²) in [4.78, 5) is 34.0. The van der Waals surface area contributed by atoms with E-state index in [1.54, 1.807) is 36.0 Å². The second kappa shape index (κ2) is 11.4. The summed E-state index contributed by atoms with van der Waals surface area (Å²) in [5, 5.41) is 52.7. The van der Waals surface area contributed by atoms with Crippen LogP contribution in [0.15, 0.2) is 37.2 Å². The SMILES string of the molecule is C[C@]1(CO)O[C@@H](n2ccc3c(N)ncnc32)[C@](C)(O)C1O.C[C@]1(OCP(=O)(O)O)O[C@@H](n2ccc3c(N)ncnc32)[C@](C)(O)C1O. The van der Waals surface area contributed by atoms with Crippen molar-refractivity contribution in [1.82, 2.24) is 29.1 Å². The highest BCUT2D eigenvalue weighted by Crippen LogP contribution is 2.48. The number of aliphatic hydroxyl groups excluding tert-OH is 3. The van der Waals surface area contributed by atoms with E-state index in [9.17, 15) is 30.1 Å². The monoisotopic (exact) mass is 668 g/mol. The molecule has 19 nitrogen and oxygen atoms in total. The van der Waals surface area contributed by atoms with Crippen LogP contribution in [0.2, 0.25) is 0 Å². The van der Waals surface area contributed by atoms with E-state index in [4.69, 9.17) is 35.5 Å². The molecule has 0 spiro atoms. The third kappa shape index (κ3) is 5.62. The van der Waals surface area contributed by atoms with Crippen LogP contribution in [0.4, 0.5) is 11.6 Å². The summed E-state index contributed by atoms with van der Waals surface area (Å²) < 4.78 is 30.6. The third-order valence-electron chi connectivity index (χ3n) is 8.33. The Balaban J connectivity index is 0.000000184. The fourth-order valence-corrected chi connectivity index (χ4v) is 6.17. The molecule has 2 fully saturated rings. The van der Waals surface area contributed by atoms with Crippen molar-refractivity contribution in [2.45, 2.75) is 74.9 Å². The van der Waals surface area contributed by atoms with E-state index in [-0.39, 0.29) is 5.82 Å². The lowest BCUT2D eigenvalue weighted by atomic mass is 9.89. The second-order valence-corrected chi connectivity index (χ2v) is 13.6. The first-order valence-electron chi connectivity index (χ1n) is 13.9. The molecule has 46 heavy (non-hydrogen) atoms. The number of aliphatic hydroxyl groups is 5. The Hall–Kier alpha value is -3.33. The Morgan fingerprint density at radius 3 is 1.74 bits per heavy atom. The number of nitrogens with two attached hydrogens (primary N) is 2. The summed E-state index contributed by atoms with van der Waals surface area (Å²) in [5.74, 6) is -1.28. The zero-order valence-electron chi connectivity index (χ0n) is 25.2. The predicted octanol–water partition coefficient (Wildman–Crippen LogP) is -1.07. The van der Waals surface area contributed by atoms with E-state index in [0.29, 0.717) is 27.9 Å². The van der Waals surface area contributed by atoms with E-state index in [1.807, 2.05) is 0 Å². The minimum absolute atomic E-state index is 0.238. The number of nitrogen functional groups attached to an aromatic ring is 2. The molecule has 11 N–H and O–H groups in total. The van der Waals surface area contributed by atoms with E-state index < -0.39 is 67.8 Å². The number of aromatic nitrogens is 6. The maximum atomic E-state index is 11.1. The van der Waals surface area contributed by atoms with Crippen LogP contribution in [0.5, 0.6) is 0 Å². The summed E-state index contributed by atoms with van der Waals surface area (Å²) in [7, 11) is -4.49. The molecule has 2 aliphatic rings. The van der Waals surface area contributed by atoms with Crippen molar-refractivity contribution in [3.8, 4) is 0 Å². The summed E-state index contributed by atoms with van der Waals surface area (Å²) in [5.41, 5.74) is 7.73. The number of rotatable bonds is 6. The van der Waals surface area contributed by atoms with Gasteiger partial charge in [0.25, 0.3) is 0 Å². The molecule has 0 aromatic carbocycles. The number of ether oxygens (including phenoxy) is 3. The highest BCUT2D eigenvalue weighted by Gasteiger charge is 2.61. The Labute approximate surface area is 261 Å². The van der Waals surface area contributed by atoms with Gasteiger partial charge in [-0.1, -0.05) is 0 Å². The van der Waals surface area contributed by atoms with Crippen LogP contribution in [0.25, 0.3) is 22.1 Å². The van der Waals surface area contributed by atoms with Crippen LogP contribution in [0.3, 0.4) is 0 Å². The number of nitrogens with zero attached hydrogens (tertiary/aromatic N) is 6. The Kier molecular flexibility index (Phi) is 8.45. The molecule has 0 saturated carbocycles. The Morgan fingerprint density at radius 1 is 0.848 bits per heavy atom. The third-order valence-corrected chi connectivity index (χ3v) is 8.79. The molecule has 6 rings (SSSR count). The fourth-order valence-electron chi connectivity index (χ4n) is 5.75. The topological polar surface area (TPSA) is 300 Å². The zero-order valence-corrected chi connectivity index (χ0v) is 26.1. The molecule has 8 atom stereocenters. The van der Waals surface area contributed by atoms with Crippen LogP contribution < -0.4 is 11.5 Å². The van der Waals surface area contributed by atoms with Crippen LogP contribution in [0.1, 0.15) is 40.2 Å². The van der Waals surface area contributed by atoms with Gasteiger partial charge in [-0.3, -0.25) is 4.57 Å². The molecule has 252 valence electrons. The molecule has 0 radical (unpaired) electrons. The Morgan fingerprint density at radius 2 is 1.30 bits per heavy atom. The normalized spacial score (nSPS) is 34.7. The van der Waals surface area contributed by atoms with Crippen molar-refractivity contribution in [2.24, 2.45) is 0 Å². The first-order chi connectivity index (χ1) is 21.3. The van der Waals surface area contributed by atoms with Crippen molar-refractivity contribution < 1.29 is 54.1 Å². The minimum atomic E-state index is -4.49. The molecule has 2 aliphatic heterocycles. The lowest BCUT2D eigenvalue weighted by molar-refractivity contribution is -0.247. The van der Waals surface area contributed by atoms with Crippen molar-refractivity contribution in [3.63, 3.8) is 0 Å². The van der Waals surface area contributed by atoms with E-state index in [1.165, 1.54) is 38.0 Å².